The topological polar surface area (TPSA) is 111 Å². The van der Waals surface area contributed by atoms with Gasteiger partial charge in [0.2, 0.25) is 0 Å². The second-order valence-electron chi connectivity index (χ2n) is 5.79. The Kier molecular flexibility index (Phi) is 9.47. The summed E-state index contributed by atoms with van der Waals surface area (Å²) in [6, 6.07) is 12.0. The SMILES string of the molecule is COc1ccc(C(=O)N[C@@H](CC(=O)O)C(=O)OCc2ccccc2)cc1OC.Cl. The van der Waals surface area contributed by atoms with Crippen molar-refractivity contribution in [3.05, 3.63) is 59.7 Å². The van der Waals surface area contributed by atoms with E-state index in [-0.39, 0.29) is 24.6 Å². The Morgan fingerprint density at radius 1 is 1.00 bits per heavy atom. The van der Waals surface area contributed by atoms with Crippen LogP contribution in [0.25, 0.3) is 0 Å². The summed E-state index contributed by atoms with van der Waals surface area (Å²) < 4.78 is 15.4. The van der Waals surface area contributed by atoms with Gasteiger partial charge in [0.15, 0.2) is 11.5 Å². The van der Waals surface area contributed by atoms with E-state index in [1.165, 1.54) is 32.4 Å². The van der Waals surface area contributed by atoms with Gasteiger partial charge >= 0.3 is 11.9 Å². The second kappa shape index (κ2) is 11.6. The maximum absolute atomic E-state index is 12.5. The van der Waals surface area contributed by atoms with Crippen molar-refractivity contribution in [1.29, 1.82) is 0 Å². The second-order valence-corrected chi connectivity index (χ2v) is 5.79. The fourth-order valence-corrected chi connectivity index (χ4v) is 2.42. The Balaban J connectivity index is 0.00000420. The van der Waals surface area contributed by atoms with Crippen molar-refractivity contribution in [2.75, 3.05) is 14.2 Å². The van der Waals surface area contributed by atoms with Gasteiger partial charge in [-0.25, -0.2) is 4.79 Å². The molecular weight excluding hydrogens is 402 g/mol. The lowest BCUT2D eigenvalue weighted by Crippen LogP contribution is -2.43. The minimum absolute atomic E-state index is 0. The minimum Gasteiger partial charge on any atom is -0.493 e. The number of esters is 1. The molecule has 0 saturated heterocycles. The first kappa shape index (κ1) is 23.8. The molecule has 0 spiro atoms. The molecule has 0 aliphatic heterocycles. The maximum atomic E-state index is 12.5. The van der Waals surface area contributed by atoms with Crippen LogP contribution in [0.15, 0.2) is 48.5 Å². The molecule has 0 aliphatic carbocycles. The number of carboxylic acids is 1. The maximum Gasteiger partial charge on any atom is 0.329 e. The van der Waals surface area contributed by atoms with Crippen LogP contribution in [0, 0.1) is 0 Å². The standard InChI is InChI=1S/C20H21NO7.ClH/c1-26-16-9-8-14(10-17(16)27-2)19(24)21-15(11-18(22)23)20(25)28-12-13-6-4-3-5-7-13;/h3-10,15H,11-12H2,1-2H3,(H,21,24)(H,22,23);1H/t15-;/m0./s1. The van der Waals surface area contributed by atoms with E-state index in [1.807, 2.05) is 6.07 Å². The van der Waals surface area contributed by atoms with Crippen molar-refractivity contribution < 1.29 is 33.7 Å². The van der Waals surface area contributed by atoms with Crippen molar-refractivity contribution in [3.8, 4) is 11.5 Å². The normalized spacial score (nSPS) is 10.8. The third kappa shape index (κ3) is 7.00. The molecule has 2 rings (SSSR count). The van der Waals surface area contributed by atoms with Crippen molar-refractivity contribution in [2.24, 2.45) is 0 Å². The molecule has 9 heteroatoms. The van der Waals surface area contributed by atoms with Crippen LogP contribution in [0.2, 0.25) is 0 Å². The largest absolute Gasteiger partial charge is 0.493 e. The van der Waals surface area contributed by atoms with Crippen molar-refractivity contribution in [3.63, 3.8) is 0 Å². The Labute approximate surface area is 174 Å². The van der Waals surface area contributed by atoms with Gasteiger partial charge in [-0.3, -0.25) is 9.59 Å². The molecule has 2 N–H and O–H groups in total. The Bertz CT molecular complexity index is 842. The van der Waals surface area contributed by atoms with Crippen molar-refractivity contribution in [2.45, 2.75) is 19.1 Å². The van der Waals surface area contributed by atoms with Gasteiger partial charge in [-0.2, -0.15) is 0 Å². The van der Waals surface area contributed by atoms with Crippen LogP contribution in [-0.4, -0.2) is 43.2 Å². The highest BCUT2D eigenvalue weighted by molar-refractivity contribution is 5.98. The van der Waals surface area contributed by atoms with E-state index in [0.717, 1.165) is 5.56 Å². The zero-order valence-electron chi connectivity index (χ0n) is 15.9. The van der Waals surface area contributed by atoms with Gasteiger partial charge in [0, 0.05) is 5.56 Å². The highest BCUT2D eigenvalue weighted by Gasteiger charge is 2.26. The number of aliphatic carboxylic acids is 1. The highest BCUT2D eigenvalue weighted by Crippen LogP contribution is 2.27. The number of carboxylic acid groups (broad SMARTS) is 1. The number of carbonyl (C=O) groups is 3. The monoisotopic (exact) mass is 423 g/mol. The number of amides is 1. The summed E-state index contributed by atoms with van der Waals surface area (Å²) in [5.41, 5.74) is 0.931. The molecule has 8 nitrogen and oxygen atoms in total. The molecule has 0 heterocycles. The summed E-state index contributed by atoms with van der Waals surface area (Å²) in [4.78, 5) is 35.9. The molecule has 0 fully saturated rings. The summed E-state index contributed by atoms with van der Waals surface area (Å²) in [5.74, 6) is -1.95. The van der Waals surface area contributed by atoms with Crippen LogP contribution in [0.4, 0.5) is 0 Å². The molecule has 0 unspecified atom stereocenters. The highest BCUT2D eigenvalue weighted by atomic mass is 35.5. The molecule has 0 aromatic heterocycles. The van der Waals surface area contributed by atoms with E-state index >= 15 is 0 Å². The quantitative estimate of drug-likeness (QED) is 0.596. The summed E-state index contributed by atoms with van der Waals surface area (Å²) >= 11 is 0. The van der Waals surface area contributed by atoms with E-state index in [1.54, 1.807) is 24.3 Å². The zero-order chi connectivity index (χ0) is 20.5. The summed E-state index contributed by atoms with van der Waals surface area (Å²) in [6.07, 6.45) is -0.605. The first-order valence-electron chi connectivity index (χ1n) is 8.39. The molecule has 2 aromatic rings. The fourth-order valence-electron chi connectivity index (χ4n) is 2.42. The first-order valence-corrected chi connectivity index (χ1v) is 8.39. The third-order valence-corrected chi connectivity index (χ3v) is 3.84. The lowest BCUT2D eigenvalue weighted by molar-refractivity contribution is -0.151. The molecule has 156 valence electrons. The van der Waals surface area contributed by atoms with Crippen LogP contribution in [0.3, 0.4) is 0 Å². The molecule has 2 aromatic carbocycles. The van der Waals surface area contributed by atoms with Gasteiger partial charge in [0.1, 0.15) is 12.6 Å². The predicted octanol–water partition coefficient (Wildman–Crippen LogP) is 2.44. The van der Waals surface area contributed by atoms with Crippen molar-refractivity contribution in [1.82, 2.24) is 5.32 Å². The number of halogens is 1. The summed E-state index contributed by atoms with van der Waals surface area (Å²) in [6.45, 7) is -0.0258. The van der Waals surface area contributed by atoms with E-state index < -0.39 is 30.3 Å². The van der Waals surface area contributed by atoms with Gasteiger partial charge in [-0.05, 0) is 23.8 Å². The molecule has 0 saturated carbocycles. The zero-order valence-corrected chi connectivity index (χ0v) is 16.7. The Hall–Kier alpha value is -3.26. The molecule has 1 amide bonds. The minimum atomic E-state index is -1.33. The van der Waals surface area contributed by atoms with Gasteiger partial charge in [-0.15, -0.1) is 12.4 Å². The van der Waals surface area contributed by atoms with Crippen LogP contribution in [0.5, 0.6) is 11.5 Å². The Morgan fingerprint density at radius 3 is 2.24 bits per heavy atom. The number of methoxy groups -OCH3 is 2. The van der Waals surface area contributed by atoms with Crippen LogP contribution in [-0.2, 0) is 20.9 Å². The summed E-state index contributed by atoms with van der Waals surface area (Å²) in [5, 5.41) is 11.5. The molecule has 0 aliphatic rings. The summed E-state index contributed by atoms with van der Waals surface area (Å²) in [7, 11) is 2.89. The number of rotatable bonds is 9. The van der Waals surface area contributed by atoms with Crippen LogP contribution >= 0.6 is 12.4 Å². The number of benzene rings is 2. The molecule has 0 radical (unpaired) electrons. The number of hydrogen-bond donors (Lipinski definition) is 2. The number of nitrogens with one attached hydrogen (secondary N) is 1. The number of ether oxygens (including phenoxy) is 3. The molecule has 1 atom stereocenters. The lowest BCUT2D eigenvalue weighted by Gasteiger charge is -2.17. The van der Waals surface area contributed by atoms with Crippen LogP contribution < -0.4 is 14.8 Å². The number of hydrogen-bond acceptors (Lipinski definition) is 6. The number of carbonyl (C=O) groups excluding carboxylic acids is 2. The van der Waals surface area contributed by atoms with Gasteiger partial charge in [-0.1, -0.05) is 30.3 Å². The van der Waals surface area contributed by atoms with E-state index in [4.69, 9.17) is 19.3 Å². The molecule has 0 bridgehead atoms. The lowest BCUT2D eigenvalue weighted by atomic mass is 10.1. The average molecular weight is 424 g/mol. The van der Waals surface area contributed by atoms with Gasteiger partial charge in [0.25, 0.3) is 5.91 Å². The fraction of sp³-hybridized carbons (Fsp3) is 0.250. The third-order valence-electron chi connectivity index (χ3n) is 3.84. The van der Waals surface area contributed by atoms with Crippen LogP contribution in [0.1, 0.15) is 22.3 Å². The van der Waals surface area contributed by atoms with E-state index in [9.17, 15) is 14.4 Å². The molecule has 29 heavy (non-hydrogen) atoms. The van der Waals surface area contributed by atoms with E-state index in [2.05, 4.69) is 5.32 Å². The van der Waals surface area contributed by atoms with Gasteiger partial charge < -0.3 is 24.6 Å². The molecular formula is C20H22ClNO7. The first-order chi connectivity index (χ1) is 13.4. The Morgan fingerprint density at radius 2 is 1.66 bits per heavy atom. The van der Waals surface area contributed by atoms with Crippen molar-refractivity contribution >= 4 is 30.3 Å². The van der Waals surface area contributed by atoms with Gasteiger partial charge in [0.05, 0.1) is 20.6 Å². The smallest absolute Gasteiger partial charge is 0.329 e. The average Bonchev–Trinajstić information content (AvgIpc) is 2.71. The van der Waals surface area contributed by atoms with E-state index in [0.29, 0.717) is 11.5 Å². The predicted molar refractivity (Wildman–Crippen MR) is 107 cm³/mol.